The zero-order chi connectivity index (χ0) is 16.2. The lowest BCUT2D eigenvalue weighted by atomic mass is 9.99. The molecule has 122 valence electrons. The normalized spacial score (nSPS) is 17.0. The van der Waals surface area contributed by atoms with Crippen LogP contribution in [0.25, 0.3) is 0 Å². The molecular formula is C19H25N3S. The van der Waals surface area contributed by atoms with E-state index in [1.165, 1.54) is 23.2 Å². The average molecular weight is 327 g/mol. The van der Waals surface area contributed by atoms with Crippen molar-refractivity contribution in [3.05, 3.63) is 59.4 Å². The van der Waals surface area contributed by atoms with E-state index in [2.05, 4.69) is 71.2 Å². The number of thiocarbonyl (C=S) groups is 1. The summed E-state index contributed by atoms with van der Waals surface area (Å²) in [7, 11) is 0. The Labute approximate surface area is 144 Å². The van der Waals surface area contributed by atoms with Crippen LogP contribution in [0.3, 0.4) is 0 Å². The van der Waals surface area contributed by atoms with Crippen LogP contribution in [0.1, 0.15) is 42.6 Å². The molecule has 1 aromatic heterocycles. The smallest absolute Gasteiger partial charge is 0.169 e. The van der Waals surface area contributed by atoms with Crippen molar-refractivity contribution >= 4 is 17.3 Å². The van der Waals surface area contributed by atoms with Gasteiger partial charge in [0.1, 0.15) is 0 Å². The Balaban J connectivity index is 1.89. The maximum absolute atomic E-state index is 5.70. The lowest BCUT2D eigenvalue weighted by molar-refractivity contribution is 0.286. The van der Waals surface area contributed by atoms with Crippen molar-refractivity contribution < 1.29 is 0 Å². The van der Waals surface area contributed by atoms with Gasteiger partial charge in [-0.2, -0.15) is 0 Å². The van der Waals surface area contributed by atoms with Gasteiger partial charge in [-0.3, -0.25) is 0 Å². The number of hydrogen-bond donors (Lipinski definition) is 1. The second-order valence-corrected chi connectivity index (χ2v) is 6.61. The molecule has 1 aliphatic heterocycles. The molecule has 3 rings (SSSR count). The summed E-state index contributed by atoms with van der Waals surface area (Å²) >= 11 is 5.70. The Bertz CT molecular complexity index is 660. The van der Waals surface area contributed by atoms with Crippen molar-refractivity contribution in [1.82, 2.24) is 14.8 Å². The van der Waals surface area contributed by atoms with E-state index in [1.54, 1.807) is 0 Å². The number of benzene rings is 1. The zero-order valence-electron chi connectivity index (χ0n) is 14.0. The van der Waals surface area contributed by atoms with Crippen molar-refractivity contribution in [2.75, 3.05) is 13.1 Å². The Kier molecular flexibility index (Phi) is 5.01. The summed E-state index contributed by atoms with van der Waals surface area (Å²) in [5, 5.41) is 4.31. The molecular weight excluding hydrogens is 302 g/mol. The number of unbranched alkanes of at least 4 members (excludes halogenated alkanes) is 1. The molecule has 3 nitrogen and oxygen atoms in total. The van der Waals surface area contributed by atoms with Crippen LogP contribution in [0.15, 0.2) is 42.6 Å². The van der Waals surface area contributed by atoms with Gasteiger partial charge in [0.25, 0.3) is 0 Å². The van der Waals surface area contributed by atoms with E-state index in [9.17, 15) is 0 Å². The Morgan fingerprint density at radius 2 is 2.00 bits per heavy atom. The minimum atomic E-state index is 0.195. The highest BCUT2D eigenvalue weighted by atomic mass is 32.1. The fourth-order valence-electron chi connectivity index (χ4n) is 3.18. The molecule has 1 aliphatic rings. The fraction of sp³-hybridized carbons (Fsp3) is 0.421. The summed E-state index contributed by atoms with van der Waals surface area (Å²) in [5.41, 5.74) is 3.91. The summed E-state index contributed by atoms with van der Waals surface area (Å²) in [6.45, 7) is 7.21. The molecule has 0 spiro atoms. The van der Waals surface area contributed by atoms with Gasteiger partial charge in [0, 0.05) is 31.5 Å². The Morgan fingerprint density at radius 1 is 1.22 bits per heavy atom. The summed E-state index contributed by atoms with van der Waals surface area (Å²) in [5.74, 6) is 0. The Hall–Kier alpha value is -1.81. The fourth-order valence-corrected chi connectivity index (χ4v) is 3.47. The third-order valence-corrected chi connectivity index (χ3v) is 4.88. The first kappa shape index (κ1) is 16.1. The van der Waals surface area contributed by atoms with Crippen LogP contribution in [0, 0.1) is 6.92 Å². The predicted molar refractivity (Wildman–Crippen MR) is 99.7 cm³/mol. The molecule has 0 bridgehead atoms. The molecule has 1 unspecified atom stereocenters. The molecule has 0 aliphatic carbocycles. The second-order valence-electron chi connectivity index (χ2n) is 6.22. The van der Waals surface area contributed by atoms with Crippen molar-refractivity contribution in [2.24, 2.45) is 0 Å². The molecule has 0 radical (unpaired) electrons. The number of fused-ring (bicyclic) bond motifs is 1. The summed E-state index contributed by atoms with van der Waals surface area (Å²) < 4.78 is 2.34. The molecule has 1 N–H and O–H groups in total. The first-order chi connectivity index (χ1) is 11.2. The topological polar surface area (TPSA) is 20.2 Å². The Morgan fingerprint density at radius 3 is 2.74 bits per heavy atom. The van der Waals surface area contributed by atoms with Crippen molar-refractivity contribution in [1.29, 1.82) is 0 Å². The monoisotopic (exact) mass is 327 g/mol. The van der Waals surface area contributed by atoms with Gasteiger partial charge >= 0.3 is 0 Å². The predicted octanol–water partition coefficient (Wildman–Crippen LogP) is 3.88. The van der Waals surface area contributed by atoms with E-state index < -0.39 is 0 Å². The molecule has 0 saturated heterocycles. The molecule has 0 amide bonds. The third-order valence-electron chi connectivity index (χ3n) is 4.50. The van der Waals surface area contributed by atoms with Gasteiger partial charge in [-0.15, -0.1) is 0 Å². The summed E-state index contributed by atoms with van der Waals surface area (Å²) in [6, 6.07) is 13.4. The highest BCUT2D eigenvalue weighted by Gasteiger charge is 2.30. The molecule has 1 aromatic carbocycles. The number of aromatic nitrogens is 1. The SMILES string of the molecule is CCCCNC(=S)N1CCn2cccc2C1c1ccc(C)cc1. The van der Waals surface area contributed by atoms with Crippen LogP contribution in [0.4, 0.5) is 0 Å². The molecule has 2 aromatic rings. The van der Waals surface area contributed by atoms with Gasteiger partial charge in [-0.05, 0) is 43.3 Å². The number of rotatable bonds is 4. The molecule has 23 heavy (non-hydrogen) atoms. The van der Waals surface area contributed by atoms with Gasteiger partial charge in [0.05, 0.1) is 6.04 Å². The van der Waals surface area contributed by atoms with Crippen LogP contribution in [-0.4, -0.2) is 27.7 Å². The van der Waals surface area contributed by atoms with Gasteiger partial charge in [-0.25, -0.2) is 0 Å². The first-order valence-corrected chi connectivity index (χ1v) is 8.87. The van der Waals surface area contributed by atoms with Crippen LogP contribution >= 0.6 is 12.2 Å². The van der Waals surface area contributed by atoms with Crippen molar-refractivity contribution in [3.8, 4) is 0 Å². The summed E-state index contributed by atoms with van der Waals surface area (Å²) in [4.78, 5) is 2.34. The van der Waals surface area contributed by atoms with Crippen molar-refractivity contribution in [2.45, 2.75) is 39.3 Å². The maximum Gasteiger partial charge on any atom is 0.169 e. The van der Waals surface area contributed by atoms with E-state index >= 15 is 0 Å². The minimum Gasteiger partial charge on any atom is -0.363 e. The van der Waals surface area contributed by atoms with E-state index in [1.807, 2.05) is 0 Å². The zero-order valence-corrected chi connectivity index (χ0v) is 14.8. The van der Waals surface area contributed by atoms with Gasteiger partial charge in [0.2, 0.25) is 0 Å². The highest BCUT2D eigenvalue weighted by Crippen LogP contribution is 2.32. The molecule has 0 fully saturated rings. The third kappa shape index (κ3) is 3.42. The molecule has 1 atom stereocenters. The van der Waals surface area contributed by atoms with Gasteiger partial charge < -0.3 is 14.8 Å². The number of nitrogens with one attached hydrogen (secondary N) is 1. The lowest BCUT2D eigenvalue weighted by Crippen LogP contribution is -2.47. The number of nitrogens with zero attached hydrogens (tertiary/aromatic N) is 2. The quantitative estimate of drug-likeness (QED) is 0.680. The van der Waals surface area contributed by atoms with Crippen LogP contribution in [-0.2, 0) is 6.54 Å². The van der Waals surface area contributed by atoms with E-state index in [0.29, 0.717) is 0 Å². The lowest BCUT2D eigenvalue weighted by Gasteiger charge is -2.39. The van der Waals surface area contributed by atoms with Crippen LogP contribution in [0.2, 0.25) is 0 Å². The summed E-state index contributed by atoms with van der Waals surface area (Å²) in [6.07, 6.45) is 4.50. The van der Waals surface area contributed by atoms with E-state index in [4.69, 9.17) is 12.2 Å². The number of aryl methyl sites for hydroxylation is 1. The average Bonchev–Trinajstić information content (AvgIpc) is 3.03. The van der Waals surface area contributed by atoms with Crippen LogP contribution < -0.4 is 5.32 Å². The second kappa shape index (κ2) is 7.18. The highest BCUT2D eigenvalue weighted by molar-refractivity contribution is 7.80. The first-order valence-electron chi connectivity index (χ1n) is 8.46. The van der Waals surface area contributed by atoms with E-state index in [-0.39, 0.29) is 6.04 Å². The minimum absolute atomic E-state index is 0.195. The molecule has 0 saturated carbocycles. The van der Waals surface area contributed by atoms with Crippen molar-refractivity contribution in [3.63, 3.8) is 0 Å². The number of hydrogen-bond acceptors (Lipinski definition) is 1. The van der Waals surface area contributed by atoms with Gasteiger partial charge in [-0.1, -0.05) is 43.2 Å². The molecule has 2 heterocycles. The largest absolute Gasteiger partial charge is 0.363 e. The molecule has 4 heteroatoms. The van der Waals surface area contributed by atoms with E-state index in [0.717, 1.165) is 31.2 Å². The van der Waals surface area contributed by atoms with Gasteiger partial charge in [0.15, 0.2) is 5.11 Å². The van der Waals surface area contributed by atoms with Crippen LogP contribution in [0.5, 0.6) is 0 Å². The maximum atomic E-state index is 5.70. The standard InChI is InChI=1S/C19H25N3S/c1-3-4-11-20-19(23)22-14-13-21-12-5-6-17(21)18(22)16-9-7-15(2)8-10-16/h5-10,12,18H,3-4,11,13-14H2,1-2H3,(H,20,23).